The smallest absolute Gasteiger partial charge is 0.858 e. The molecule has 2 aromatic carbocycles. The Morgan fingerprint density at radius 3 is 2.56 bits per heavy atom. The number of hydrogen-bond donors (Lipinski definition) is 0. The van der Waals surface area contributed by atoms with Gasteiger partial charge < -0.3 is 5.11 Å². The number of nitrogens with zero attached hydrogens (tertiary/aromatic N) is 5. The quantitative estimate of drug-likeness (QED) is 0.294. The second-order valence-corrected chi connectivity index (χ2v) is 6.58. The van der Waals surface area contributed by atoms with E-state index in [0.29, 0.717) is 22.1 Å². The first-order valence-corrected chi connectivity index (χ1v) is 8.66. The molecule has 4 aromatic rings. The van der Waals surface area contributed by atoms with E-state index in [1.165, 1.54) is 16.0 Å². The van der Waals surface area contributed by atoms with Gasteiger partial charge in [-0.05, 0) is 19.1 Å². The van der Waals surface area contributed by atoms with Crippen molar-refractivity contribution >= 4 is 27.3 Å². The molecule has 0 spiro atoms. The number of fused-ring (bicyclic) bond motifs is 1. The van der Waals surface area contributed by atoms with E-state index in [1.54, 1.807) is 13.1 Å². The molecule has 27 heavy (non-hydrogen) atoms. The molecule has 0 fully saturated rings. The molecular weight excluding hydrogens is 369 g/mol. The maximum atomic E-state index is 13.0. The van der Waals surface area contributed by atoms with Crippen LogP contribution in [0, 0.1) is 11.5 Å². The fourth-order valence-electron chi connectivity index (χ4n) is 2.74. The summed E-state index contributed by atoms with van der Waals surface area (Å²) < 4.78 is 2.27. The Kier molecular flexibility index (Phi) is 5.73. The Morgan fingerprint density at radius 1 is 1.15 bits per heavy atom. The van der Waals surface area contributed by atoms with Gasteiger partial charge in [-0.2, -0.15) is 15.4 Å². The fourth-order valence-corrected chi connectivity index (χ4v) is 3.65. The molecule has 0 aliphatic rings. The topological polar surface area (TPSA) is 89.9 Å². The SMILES string of the molecule is CC(=NC#N)c1c(-c2ccccc2)nn(-c2nc3ccccc3s2)c1[O-].[Na+]. The van der Waals surface area contributed by atoms with Crippen LogP contribution in [0.25, 0.3) is 26.6 Å². The maximum absolute atomic E-state index is 13.0. The Morgan fingerprint density at radius 2 is 1.85 bits per heavy atom. The van der Waals surface area contributed by atoms with Crippen molar-refractivity contribution in [2.75, 3.05) is 0 Å². The summed E-state index contributed by atoms with van der Waals surface area (Å²) in [7, 11) is 0. The number of rotatable bonds is 3. The fraction of sp³-hybridized carbons (Fsp3) is 0.0526. The second kappa shape index (κ2) is 8.03. The van der Waals surface area contributed by atoms with E-state index in [1.807, 2.05) is 54.6 Å². The third kappa shape index (κ3) is 3.53. The van der Waals surface area contributed by atoms with Gasteiger partial charge in [0.05, 0.1) is 15.9 Å². The van der Waals surface area contributed by atoms with Crippen LogP contribution in [0.5, 0.6) is 5.88 Å². The molecule has 0 radical (unpaired) electrons. The van der Waals surface area contributed by atoms with Gasteiger partial charge in [0.15, 0.2) is 0 Å². The van der Waals surface area contributed by atoms with E-state index in [9.17, 15) is 5.11 Å². The van der Waals surface area contributed by atoms with Gasteiger partial charge in [-0.15, -0.1) is 0 Å². The number of thiazole rings is 1. The maximum Gasteiger partial charge on any atom is 1.00 e. The summed E-state index contributed by atoms with van der Waals surface area (Å²) in [4.78, 5) is 8.25. The van der Waals surface area contributed by atoms with Crippen molar-refractivity contribution in [2.45, 2.75) is 6.92 Å². The predicted molar refractivity (Wildman–Crippen MR) is 99.4 cm³/mol. The summed E-state index contributed by atoms with van der Waals surface area (Å²) >= 11 is 1.39. The van der Waals surface area contributed by atoms with E-state index in [4.69, 9.17) is 5.26 Å². The van der Waals surface area contributed by atoms with Gasteiger partial charge in [0.1, 0.15) is 5.69 Å². The molecule has 0 bridgehead atoms. The number of nitriles is 1. The summed E-state index contributed by atoms with van der Waals surface area (Å²) in [6.45, 7) is 1.64. The van der Waals surface area contributed by atoms with Crippen LogP contribution in [0.4, 0.5) is 0 Å². The Balaban J connectivity index is 0.00000210. The van der Waals surface area contributed by atoms with Crippen LogP contribution in [-0.2, 0) is 0 Å². The zero-order valence-corrected chi connectivity index (χ0v) is 17.6. The van der Waals surface area contributed by atoms with Gasteiger partial charge in [0, 0.05) is 17.0 Å². The number of aliphatic imine (C=N–C) groups is 1. The van der Waals surface area contributed by atoms with E-state index < -0.39 is 0 Å². The molecule has 0 saturated heterocycles. The van der Waals surface area contributed by atoms with Crippen LogP contribution < -0.4 is 34.7 Å². The zero-order valence-electron chi connectivity index (χ0n) is 14.7. The number of benzene rings is 2. The molecule has 8 heteroatoms. The Hall–Kier alpha value is -2.50. The summed E-state index contributed by atoms with van der Waals surface area (Å²) in [5, 5.41) is 26.9. The van der Waals surface area contributed by atoms with Crippen molar-refractivity contribution in [3.8, 4) is 28.5 Å². The third-order valence-electron chi connectivity index (χ3n) is 3.93. The third-order valence-corrected chi connectivity index (χ3v) is 4.95. The van der Waals surface area contributed by atoms with E-state index in [2.05, 4.69) is 15.1 Å². The molecule has 0 aliphatic heterocycles. The molecule has 2 aromatic heterocycles. The van der Waals surface area contributed by atoms with Crippen molar-refractivity contribution in [3.05, 3.63) is 60.2 Å². The van der Waals surface area contributed by atoms with Crippen molar-refractivity contribution in [2.24, 2.45) is 4.99 Å². The zero-order chi connectivity index (χ0) is 18.1. The van der Waals surface area contributed by atoms with Crippen LogP contribution in [0.2, 0.25) is 0 Å². The largest absolute Gasteiger partial charge is 1.00 e. The van der Waals surface area contributed by atoms with Gasteiger partial charge in [-0.25, -0.2) is 9.67 Å². The number of aromatic nitrogens is 3. The summed E-state index contributed by atoms with van der Waals surface area (Å²) in [6.07, 6.45) is 1.74. The molecular formula is C19H12N5NaOS. The minimum absolute atomic E-state index is 0. The summed E-state index contributed by atoms with van der Waals surface area (Å²) in [5.74, 6) is -0.334. The van der Waals surface area contributed by atoms with Crippen LogP contribution in [0.3, 0.4) is 0 Å². The molecule has 4 rings (SSSR count). The molecule has 0 amide bonds. The minimum Gasteiger partial charge on any atom is -0.858 e. The van der Waals surface area contributed by atoms with E-state index >= 15 is 0 Å². The monoisotopic (exact) mass is 381 g/mol. The van der Waals surface area contributed by atoms with Crippen LogP contribution >= 0.6 is 11.3 Å². The van der Waals surface area contributed by atoms with Crippen molar-refractivity contribution in [1.82, 2.24) is 14.8 Å². The Labute approximate surface area is 181 Å². The average molecular weight is 381 g/mol. The summed E-state index contributed by atoms with van der Waals surface area (Å²) in [6, 6.07) is 17.0. The molecule has 0 aliphatic carbocycles. The van der Waals surface area contributed by atoms with E-state index in [0.717, 1.165) is 15.8 Å². The molecule has 2 heterocycles. The van der Waals surface area contributed by atoms with Crippen LogP contribution in [-0.4, -0.2) is 20.5 Å². The number of hydrogen-bond acceptors (Lipinski definition) is 6. The molecule has 126 valence electrons. The minimum atomic E-state index is -0.334. The van der Waals surface area contributed by atoms with Crippen LogP contribution in [0.1, 0.15) is 12.5 Å². The second-order valence-electron chi connectivity index (χ2n) is 5.57. The first kappa shape index (κ1) is 19.3. The summed E-state index contributed by atoms with van der Waals surface area (Å²) in [5.41, 5.74) is 2.74. The molecule has 0 N–H and O–H groups in total. The van der Waals surface area contributed by atoms with Gasteiger partial charge in [-0.3, -0.25) is 0 Å². The van der Waals surface area contributed by atoms with Crippen LogP contribution in [0.15, 0.2) is 59.6 Å². The van der Waals surface area contributed by atoms with Gasteiger partial charge in [-0.1, -0.05) is 53.8 Å². The number of para-hydroxylation sites is 1. The molecule has 0 saturated carbocycles. The Bertz CT molecular complexity index is 1140. The normalized spacial score (nSPS) is 11.2. The van der Waals surface area contributed by atoms with Gasteiger partial charge in [0.2, 0.25) is 11.3 Å². The van der Waals surface area contributed by atoms with E-state index in [-0.39, 0.29) is 35.4 Å². The average Bonchev–Trinajstić information content (AvgIpc) is 3.23. The molecule has 0 atom stereocenters. The molecule has 6 nitrogen and oxygen atoms in total. The predicted octanol–water partition coefficient (Wildman–Crippen LogP) is 0.517. The van der Waals surface area contributed by atoms with Crippen molar-refractivity contribution in [1.29, 1.82) is 5.26 Å². The van der Waals surface area contributed by atoms with Crippen molar-refractivity contribution in [3.63, 3.8) is 0 Å². The van der Waals surface area contributed by atoms with Gasteiger partial charge in [0.25, 0.3) is 0 Å². The van der Waals surface area contributed by atoms with Crippen molar-refractivity contribution < 1.29 is 34.7 Å². The molecule has 0 unspecified atom stereocenters. The van der Waals surface area contributed by atoms with Gasteiger partial charge >= 0.3 is 29.6 Å². The first-order chi connectivity index (χ1) is 12.7. The standard InChI is InChI=1S/C19H13N5OS.Na/c1-12(21-11-20)16-17(13-7-3-2-4-8-13)23-24(18(16)25)19-22-14-9-5-6-10-15(14)26-19;/h2-10,25H,1H3;/q;+1/p-1. The first-order valence-electron chi connectivity index (χ1n) is 7.84.